The second-order valence-electron chi connectivity index (χ2n) is 16.6. The van der Waals surface area contributed by atoms with Crippen LogP contribution in [0.15, 0.2) is 36.0 Å². The van der Waals surface area contributed by atoms with Crippen LogP contribution in [0.2, 0.25) is 0 Å². The average Bonchev–Trinajstić information content (AvgIpc) is 3.18. The third-order valence-electron chi connectivity index (χ3n) is 12.1. The van der Waals surface area contributed by atoms with Crippen LogP contribution in [-0.4, -0.2) is 166 Å². The molecule has 4 aliphatic rings. The van der Waals surface area contributed by atoms with Gasteiger partial charge in [-0.2, -0.15) is 0 Å². The summed E-state index contributed by atoms with van der Waals surface area (Å²) < 4.78 is 55.2. The molecular formula is C43H71NO14. The second kappa shape index (κ2) is 23.2. The molecule has 0 aromatic heterocycles. The minimum absolute atomic E-state index is 0.0661. The molecule has 15 heteroatoms. The van der Waals surface area contributed by atoms with Gasteiger partial charge in [0.05, 0.1) is 62.8 Å². The molecule has 58 heavy (non-hydrogen) atoms. The third-order valence-corrected chi connectivity index (χ3v) is 12.1. The predicted octanol–water partition coefficient (Wildman–Crippen LogP) is 2.97. The number of carbonyl (C=O) groups excluding carboxylic acids is 2. The summed E-state index contributed by atoms with van der Waals surface area (Å²) >= 11 is 0. The number of carbonyl (C=O) groups is 2. The Kier molecular flexibility index (Phi) is 19.4. The van der Waals surface area contributed by atoms with Gasteiger partial charge in [-0.25, -0.2) is 0 Å². The van der Waals surface area contributed by atoms with E-state index in [0.717, 1.165) is 5.57 Å². The quantitative estimate of drug-likeness (QED) is 0.228. The van der Waals surface area contributed by atoms with Gasteiger partial charge >= 0.3 is 5.97 Å². The SMILES string of the molecule is CC[C@H]1OC(=O)C[C@H]2OC/C=C/COCC[C@@H](C[C@@H](C)C(=O)/C=C/C(C)=C/[C@@H]1CO[C@@H]1OC(C)[C@H](O)[C@H](OC)C1OC)[C@H](O[C@@H]1OC(C)[C@H](O)C(N(C)C)C1O)[C@H]2C. The van der Waals surface area contributed by atoms with E-state index in [1.807, 2.05) is 45.9 Å². The number of nitrogens with zero attached hydrogens (tertiary/aromatic N) is 1. The Morgan fingerprint density at radius 2 is 1.53 bits per heavy atom. The van der Waals surface area contributed by atoms with E-state index in [9.17, 15) is 24.9 Å². The molecule has 5 unspecified atom stereocenters. The van der Waals surface area contributed by atoms with Crippen LogP contribution in [0.25, 0.3) is 0 Å². The molecule has 332 valence electrons. The smallest absolute Gasteiger partial charge is 0.308 e. The maximum Gasteiger partial charge on any atom is 0.308 e. The molecule has 0 aromatic rings. The molecule has 0 spiro atoms. The van der Waals surface area contributed by atoms with E-state index in [0.29, 0.717) is 32.5 Å². The zero-order valence-corrected chi connectivity index (χ0v) is 36.1. The largest absolute Gasteiger partial charge is 0.462 e. The average molecular weight is 826 g/mol. The Hall–Kier alpha value is -2.12. The lowest BCUT2D eigenvalue weighted by molar-refractivity contribution is -0.305. The van der Waals surface area contributed by atoms with Crippen molar-refractivity contribution in [1.82, 2.24) is 4.90 Å². The number of likely N-dealkylation sites (N-methyl/N-ethyl adjacent to an activating group) is 1. The standard InChI is InChI=1S/C43H71NO14/c1-11-32-30(23-54-43-41(51-10)40(50-9)37(48)28(6)56-43)20-24(2)14-15-31(45)25(3)21-29-16-19-52-17-12-13-18-53-33(22-34(46)57-32)26(4)39(29)58-42-38(49)35(44(7)8)36(47)27(5)55-42/h12-15,20,25-30,32-33,35-43,47-49H,11,16-19,21-23H2,1-10H3/b13-12+,15-14+,24-20+/t25-,26+,27?,28?,29+,30-,32-,33-,35?,36+,37+,38?,39-,40+,41?,42+,43-/m1/s1. The first kappa shape index (κ1) is 48.5. The minimum atomic E-state index is -1.20. The highest BCUT2D eigenvalue weighted by molar-refractivity contribution is 5.91. The number of cyclic esters (lactones) is 1. The number of rotatable bonds is 9. The number of ketones is 1. The van der Waals surface area contributed by atoms with Gasteiger partial charge in [-0.05, 0) is 66.1 Å². The lowest BCUT2D eigenvalue weighted by Gasteiger charge is -2.47. The van der Waals surface area contributed by atoms with E-state index in [4.69, 9.17) is 42.6 Å². The maximum atomic E-state index is 14.1. The second-order valence-corrected chi connectivity index (χ2v) is 16.6. The molecule has 17 atom stereocenters. The van der Waals surface area contributed by atoms with Gasteiger partial charge in [0.1, 0.15) is 30.5 Å². The van der Waals surface area contributed by atoms with E-state index in [-0.39, 0.29) is 31.3 Å². The Labute approximate surface area is 344 Å². The van der Waals surface area contributed by atoms with Gasteiger partial charge in [0, 0.05) is 38.6 Å². The number of aliphatic hydroxyl groups is 3. The van der Waals surface area contributed by atoms with Gasteiger partial charge in [-0.3, -0.25) is 9.59 Å². The van der Waals surface area contributed by atoms with Crippen LogP contribution in [0.1, 0.15) is 67.2 Å². The number of hydrogen-bond acceptors (Lipinski definition) is 15. The summed E-state index contributed by atoms with van der Waals surface area (Å²) in [6, 6.07) is -0.666. The molecule has 0 radical (unpaired) electrons. The molecule has 4 aliphatic heterocycles. The molecule has 2 saturated heterocycles. The van der Waals surface area contributed by atoms with Crippen LogP contribution in [0.3, 0.4) is 0 Å². The first-order valence-corrected chi connectivity index (χ1v) is 20.9. The van der Waals surface area contributed by atoms with E-state index >= 15 is 0 Å². The van der Waals surface area contributed by atoms with Crippen LogP contribution in [-0.2, 0) is 52.2 Å². The highest BCUT2D eigenvalue weighted by Gasteiger charge is 2.48. The monoisotopic (exact) mass is 825 g/mol. The Morgan fingerprint density at radius 3 is 2.21 bits per heavy atom. The van der Waals surface area contributed by atoms with Crippen molar-refractivity contribution >= 4 is 11.8 Å². The molecule has 0 aliphatic carbocycles. The molecular weight excluding hydrogens is 754 g/mol. The molecule has 4 rings (SSSR count). The fourth-order valence-electron chi connectivity index (χ4n) is 8.59. The van der Waals surface area contributed by atoms with E-state index in [1.54, 1.807) is 45.0 Å². The van der Waals surface area contributed by atoms with Crippen molar-refractivity contribution in [3.8, 4) is 0 Å². The summed E-state index contributed by atoms with van der Waals surface area (Å²) in [5, 5.41) is 33.2. The molecule has 0 amide bonds. The maximum absolute atomic E-state index is 14.1. The number of methoxy groups -OCH3 is 2. The molecule has 0 saturated carbocycles. The zero-order valence-electron chi connectivity index (χ0n) is 36.1. The normalized spacial score (nSPS) is 43.8. The van der Waals surface area contributed by atoms with Gasteiger partial charge < -0.3 is 62.9 Å². The van der Waals surface area contributed by atoms with Gasteiger partial charge in [0.2, 0.25) is 0 Å². The molecule has 4 heterocycles. The van der Waals surface area contributed by atoms with Crippen LogP contribution >= 0.6 is 0 Å². The van der Waals surface area contributed by atoms with Crippen LogP contribution in [0.5, 0.6) is 0 Å². The van der Waals surface area contributed by atoms with Crippen molar-refractivity contribution in [2.24, 2.45) is 23.7 Å². The van der Waals surface area contributed by atoms with Gasteiger partial charge in [0.15, 0.2) is 18.4 Å². The van der Waals surface area contributed by atoms with E-state index < -0.39 is 103 Å². The number of allylic oxidation sites excluding steroid dienone is 3. The van der Waals surface area contributed by atoms with Gasteiger partial charge in [0.25, 0.3) is 0 Å². The minimum Gasteiger partial charge on any atom is -0.462 e. The number of esters is 1. The van der Waals surface area contributed by atoms with Crippen LogP contribution in [0, 0.1) is 23.7 Å². The molecule has 15 nitrogen and oxygen atoms in total. The zero-order chi connectivity index (χ0) is 42.7. The van der Waals surface area contributed by atoms with Crippen molar-refractivity contribution in [3.63, 3.8) is 0 Å². The lowest BCUT2D eigenvalue weighted by atomic mass is 9.79. The van der Waals surface area contributed by atoms with Crippen LogP contribution < -0.4 is 0 Å². The molecule has 2 fully saturated rings. The van der Waals surface area contributed by atoms with Crippen molar-refractivity contribution in [3.05, 3.63) is 36.0 Å². The summed E-state index contributed by atoms with van der Waals surface area (Å²) in [6.45, 7) is 12.1. The summed E-state index contributed by atoms with van der Waals surface area (Å²) in [6.07, 6.45) is 0.533. The Morgan fingerprint density at radius 1 is 0.862 bits per heavy atom. The third kappa shape index (κ3) is 12.7. The summed E-state index contributed by atoms with van der Waals surface area (Å²) in [4.78, 5) is 29.7. The van der Waals surface area contributed by atoms with Crippen molar-refractivity contribution in [1.29, 1.82) is 0 Å². The van der Waals surface area contributed by atoms with Crippen molar-refractivity contribution in [2.75, 3.05) is 54.7 Å². The summed E-state index contributed by atoms with van der Waals surface area (Å²) in [7, 11) is 6.56. The summed E-state index contributed by atoms with van der Waals surface area (Å²) in [5.41, 5.74) is 0.771. The number of aliphatic hydroxyl groups excluding tert-OH is 3. The fourth-order valence-corrected chi connectivity index (χ4v) is 8.59. The van der Waals surface area contributed by atoms with Gasteiger partial charge in [-0.1, -0.05) is 50.6 Å². The number of fused-ring (bicyclic) bond motifs is 3. The topological polar surface area (TPSA) is 181 Å². The van der Waals surface area contributed by atoms with E-state index in [1.165, 1.54) is 14.2 Å². The summed E-state index contributed by atoms with van der Waals surface area (Å²) in [5.74, 6) is -2.18. The highest BCUT2D eigenvalue weighted by atomic mass is 16.7. The molecule has 2 bridgehead atoms. The predicted molar refractivity (Wildman–Crippen MR) is 214 cm³/mol. The first-order chi connectivity index (χ1) is 27.6. The van der Waals surface area contributed by atoms with Crippen molar-refractivity contribution in [2.45, 2.75) is 147 Å². The van der Waals surface area contributed by atoms with Crippen molar-refractivity contribution < 1.29 is 67.5 Å². The van der Waals surface area contributed by atoms with E-state index in [2.05, 4.69) is 0 Å². The van der Waals surface area contributed by atoms with Gasteiger partial charge in [-0.15, -0.1) is 0 Å². The lowest BCUT2D eigenvalue weighted by Crippen LogP contribution is -2.63. The highest BCUT2D eigenvalue weighted by Crippen LogP contribution is 2.36. The molecule has 3 N–H and O–H groups in total. The first-order valence-electron chi connectivity index (χ1n) is 20.9. The number of hydrogen-bond donors (Lipinski definition) is 3. The number of ether oxygens (including phenoxy) is 9. The Balaban J connectivity index is 1.71. The molecule has 0 aromatic carbocycles. The Bertz CT molecular complexity index is 1370. The van der Waals surface area contributed by atoms with Crippen LogP contribution in [0.4, 0.5) is 0 Å². The fraction of sp³-hybridized carbons (Fsp3) is 0.814.